The van der Waals surface area contributed by atoms with Gasteiger partial charge in [0.15, 0.2) is 5.78 Å². The van der Waals surface area contributed by atoms with E-state index in [1.165, 1.54) is 12.1 Å². The average Bonchev–Trinajstić information content (AvgIpc) is 2.58. The van der Waals surface area contributed by atoms with E-state index in [9.17, 15) is 14.3 Å². The first-order valence-electron chi connectivity index (χ1n) is 8.22. The van der Waals surface area contributed by atoms with Crippen LogP contribution in [0.15, 0.2) is 48.5 Å². The number of hydrogen-bond donors (Lipinski definition) is 1. The van der Waals surface area contributed by atoms with Gasteiger partial charge in [-0.05, 0) is 36.6 Å². The second-order valence-corrected chi connectivity index (χ2v) is 6.03. The fraction of sp³-hybridized carbons (Fsp3) is 0.350. The Labute approximate surface area is 142 Å². The van der Waals surface area contributed by atoms with E-state index >= 15 is 0 Å². The van der Waals surface area contributed by atoms with Gasteiger partial charge in [-0.2, -0.15) is 0 Å². The van der Waals surface area contributed by atoms with Crippen molar-refractivity contribution in [3.05, 3.63) is 71.0 Å². The lowest BCUT2D eigenvalue weighted by Crippen LogP contribution is -2.36. The van der Waals surface area contributed by atoms with Crippen LogP contribution in [-0.4, -0.2) is 28.4 Å². The summed E-state index contributed by atoms with van der Waals surface area (Å²) in [5.41, 5.74) is 2.77. The Bertz CT molecular complexity index is 648. The zero-order valence-electron chi connectivity index (χ0n) is 14.2. The minimum Gasteiger partial charge on any atom is -0.395 e. The third-order valence-corrected chi connectivity index (χ3v) is 4.24. The summed E-state index contributed by atoms with van der Waals surface area (Å²) in [5, 5.41) is 9.67. The van der Waals surface area contributed by atoms with E-state index < -0.39 is 0 Å². The van der Waals surface area contributed by atoms with Crippen LogP contribution >= 0.6 is 0 Å². The maximum atomic E-state index is 13.1. The average molecular weight is 329 g/mol. The molecule has 2 rings (SSSR count). The molecule has 2 aromatic carbocycles. The molecule has 1 atom stereocenters. The molecule has 4 heteroatoms. The van der Waals surface area contributed by atoms with E-state index in [1.54, 1.807) is 19.1 Å². The van der Waals surface area contributed by atoms with Crippen LogP contribution in [0, 0.1) is 5.82 Å². The zero-order chi connectivity index (χ0) is 17.5. The molecule has 0 radical (unpaired) electrons. The van der Waals surface area contributed by atoms with E-state index in [2.05, 4.69) is 4.90 Å². The number of rotatable bonds is 8. The van der Waals surface area contributed by atoms with Gasteiger partial charge in [0.1, 0.15) is 5.82 Å². The van der Waals surface area contributed by atoms with Crippen molar-refractivity contribution in [3.63, 3.8) is 0 Å². The Morgan fingerprint density at radius 1 is 1.04 bits per heavy atom. The Morgan fingerprint density at radius 2 is 1.54 bits per heavy atom. The molecular formula is C20H24FNO2. The van der Waals surface area contributed by atoms with E-state index in [0.717, 1.165) is 17.5 Å². The Hall–Kier alpha value is -2.04. The first-order chi connectivity index (χ1) is 11.5. The van der Waals surface area contributed by atoms with Crippen molar-refractivity contribution >= 4 is 5.78 Å². The lowest BCUT2D eigenvalue weighted by Gasteiger charge is -2.30. The molecule has 128 valence electrons. The summed E-state index contributed by atoms with van der Waals surface area (Å²) in [4.78, 5) is 13.6. The molecular weight excluding hydrogens is 305 g/mol. The molecule has 24 heavy (non-hydrogen) atoms. The van der Waals surface area contributed by atoms with Gasteiger partial charge < -0.3 is 5.11 Å². The van der Waals surface area contributed by atoms with Crippen molar-refractivity contribution in [2.45, 2.75) is 39.4 Å². The number of Topliss-reactive ketones (excluding diaryl/α,β-unsaturated/α-hetero) is 1. The molecule has 2 aromatic rings. The quantitative estimate of drug-likeness (QED) is 0.749. The summed E-state index contributed by atoms with van der Waals surface area (Å²) in [6.07, 6.45) is 0.823. The standard InChI is InChI=1S/C20H24FNO2/c1-3-20(14-23)22(13-17-6-10-19(21)11-7-17)12-16-4-8-18(9-5-16)15(2)24/h4-11,20,23H,3,12-14H2,1-2H3. The zero-order valence-corrected chi connectivity index (χ0v) is 14.2. The van der Waals surface area contributed by atoms with Gasteiger partial charge in [-0.3, -0.25) is 9.69 Å². The molecule has 1 N–H and O–H groups in total. The molecule has 0 fully saturated rings. The molecule has 0 saturated heterocycles. The van der Waals surface area contributed by atoms with Gasteiger partial charge in [0, 0.05) is 24.7 Å². The molecule has 1 unspecified atom stereocenters. The number of carbonyl (C=O) groups excluding carboxylic acids is 1. The van der Waals surface area contributed by atoms with Crippen molar-refractivity contribution < 1.29 is 14.3 Å². The number of aliphatic hydroxyl groups is 1. The molecule has 0 aliphatic heterocycles. The predicted octanol–water partition coefficient (Wildman–Crippen LogP) is 3.80. The smallest absolute Gasteiger partial charge is 0.159 e. The van der Waals surface area contributed by atoms with E-state index in [4.69, 9.17) is 0 Å². The summed E-state index contributed by atoms with van der Waals surface area (Å²) >= 11 is 0. The van der Waals surface area contributed by atoms with Crippen molar-refractivity contribution in [1.29, 1.82) is 0 Å². The van der Waals surface area contributed by atoms with Crippen LogP contribution in [0.4, 0.5) is 4.39 Å². The van der Waals surface area contributed by atoms with Gasteiger partial charge >= 0.3 is 0 Å². The number of halogens is 1. The minimum absolute atomic E-state index is 0.0301. The lowest BCUT2D eigenvalue weighted by atomic mass is 10.1. The Kier molecular flexibility index (Phi) is 6.64. The number of ketones is 1. The summed E-state index contributed by atoms with van der Waals surface area (Å²) < 4.78 is 13.1. The van der Waals surface area contributed by atoms with Crippen LogP contribution in [0.2, 0.25) is 0 Å². The molecule has 0 saturated carbocycles. The Balaban J connectivity index is 2.16. The highest BCUT2D eigenvalue weighted by molar-refractivity contribution is 5.93. The SMILES string of the molecule is CCC(CO)N(Cc1ccc(F)cc1)Cc1ccc(C(C)=O)cc1. The normalized spacial score (nSPS) is 12.4. The van der Waals surface area contributed by atoms with Crippen LogP contribution in [-0.2, 0) is 13.1 Å². The highest BCUT2D eigenvalue weighted by Crippen LogP contribution is 2.16. The highest BCUT2D eigenvalue weighted by atomic mass is 19.1. The number of aliphatic hydroxyl groups excluding tert-OH is 1. The number of nitrogens with zero attached hydrogens (tertiary/aromatic N) is 1. The Morgan fingerprint density at radius 3 is 1.96 bits per heavy atom. The van der Waals surface area contributed by atoms with E-state index in [-0.39, 0.29) is 24.2 Å². The van der Waals surface area contributed by atoms with Gasteiger partial charge in [-0.1, -0.05) is 43.3 Å². The lowest BCUT2D eigenvalue weighted by molar-refractivity contribution is 0.101. The molecule has 0 bridgehead atoms. The van der Waals surface area contributed by atoms with Crippen LogP contribution in [0.25, 0.3) is 0 Å². The van der Waals surface area contributed by atoms with E-state index in [0.29, 0.717) is 18.7 Å². The van der Waals surface area contributed by atoms with Gasteiger partial charge in [-0.25, -0.2) is 4.39 Å². The van der Waals surface area contributed by atoms with Crippen molar-refractivity contribution in [1.82, 2.24) is 4.90 Å². The second kappa shape index (κ2) is 8.71. The maximum Gasteiger partial charge on any atom is 0.159 e. The first kappa shape index (κ1) is 18.3. The van der Waals surface area contributed by atoms with Gasteiger partial charge in [0.2, 0.25) is 0 Å². The van der Waals surface area contributed by atoms with E-state index in [1.807, 2.05) is 31.2 Å². The van der Waals surface area contributed by atoms with Crippen molar-refractivity contribution in [3.8, 4) is 0 Å². The summed E-state index contributed by atoms with van der Waals surface area (Å²) in [7, 11) is 0. The van der Waals surface area contributed by atoms with Gasteiger partial charge in [0.05, 0.1) is 6.61 Å². The van der Waals surface area contributed by atoms with Crippen molar-refractivity contribution in [2.24, 2.45) is 0 Å². The first-order valence-corrected chi connectivity index (χ1v) is 8.22. The summed E-state index contributed by atoms with van der Waals surface area (Å²) in [6.45, 7) is 4.96. The third kappa shape index (κ3) is 4.98. The third-order valence-electron chi connectivity index (χ3n) is 4.24. The molecule has 3 nitrogen and oxygen atoms in total. The highest BCUT2D eigenvalue weighted by Gasteiger charge is 2.17. The summed E-state index contributed by atoms with van der Waals surface area (Å²) in [5.74, 6) is -0.203. The maximum absolute atomic E-state index is 13.1. The monoisotopic (exact) mass is 329 g/mol. The molecule has 0 aliphatic carbocycles. The summed E-state index contributed by atoms with van der Waals surface area (Å²) in [6, 6.07) is 14.0. The van der Waals surface area contributed by atoms with Crippen molar-refractivity contribution in [2.75, 3.05) is 6.61 Å². The molecule has 0 amide bonds. The van der Waals surface area contributed by atoms with Crippen LogP contribution in [0.1, 0.15) is 41.8 Å². The number of carbonyl (C=O) groups is 1. The molecule has 0 spiro atoms. The van der Waals surface area contributed by atoms with Crippen LogP contribution in [0.3, 0.4) is 0 Å². The molecule has 0 aromatic heterocycles. The fourth-order valence-corrected chi connectivity index (χ4v) is 2.72. The molecule has 0 aliphatic rings. The predicted molar refractivity (Wildman–Crippen MR) is 93.3 cm³/mol. The van der Waals surface area contributed by atoms with Crippen LogP contribution < -0.4 is 0 Å². The van der Waals surface area contributed by atoms with Crippen LogP contribution in [0.5, 0.6) is 0 Å². The fourth-order valence-electron chi connectivity index (χ4n) is 2.72. The van der Waals surface area contributed by atoms with Gasteiger partial charge in [0.25, 0.3) is 0 Å². The van der Waals surface area contributed by atoms with Gasteiger partial charge in [-0.15, -0.1) is 0 Å². The largest absolute Gasteiger partial charge is 0.395 e. The number of hydrogen-bond acceptors (Lipinski definition) is 3. The second-order valence-electron chi connectivity index (χ2n) is 6.03. The minimum atomic E-state index is -0.251. The topological polar surface area (TPSA) is 40.5 Å². The molecule has 0 heterocycles. The number of benzene rings is 2.